The minimum atomic E-state index is 0.607. The van der Waals surface area contributed by atoms with Crippen molar-refractivity contribution < 1.29 is 0 Å². The molecule has 0 spiro atoms. The van der Waals surface area contributed by atoms with Crippen LogP contribution in [0, 0.1) is 17.2 Å². The Morgan fingerprint density at radius 3 is 3.08 bits per heavy atom. The highest BCUT2D eigenvalue weighted by Crippen LogP contribution is 2.20. The molecule has 0 saturated heterocycles. The molecule has 0 N–H and O–H groups in total. The average Bonchev–Trinajstić information content (AvgIpc) is 2.17. The van der Waals surface area contributed by atoms with Crippen LogP contribution >= 0.6 is 0 Å². The molecule has 0 aliphatic heterocycles. The van der Waals surface area contributed by atoms with E-state index in [2.05, 4.69) is 30.1 Å². The fourth-order valence-corrected chi connectivity index (χ4v) is 1.59. The summed E-state index contributed by atoms with van der Waals surface area (Å²) in [6, 6.07) is 2.19. The Balaban J connectivity index is 2.39. The Morgan fingerprint density at radius 1 is 1.69 bits per heavy atom. The van der Waals surface area contributed by atoms with Crippen LogP contribution in [-0.4, -0.2) is 12.3 Å². The van der Waals surface area contributed by atoms with Gasteiger partial charge in [0, 0.05) is 18.7 Å². The first-order valence-corrected chi connectivity index (χ1v) is 4.95. The Labute approximate surface area is 80.0 Å². The number of rotatable bonds is 3. The van der Waals surface area contributed by atoms with E-state index in [0.29, 0.717) is 12.3 Å². The van der Waals surface area contributed by atoms with E-state index in [1.54, 1.807) is 0 Å². The molecular weight excluding hydrogens is 160 g/mol. The van der Waals surface area contributed by atoms with Crippen LogP contribution in [0.15, 0.2) is 17.1 Å². The lowest BCUT2D eigenvalue weighted by Gasteiger charge is -2.15. The van der Waals surface area contributed by atoms with Gasteiger partial charge in [0.25, 0.3) is 0 Å². The summed E-state index contributed by atoms with van der Waals surface area (Å²) < 4.78 is 0. The lowest BCUT2D eigenvalue weighted by Crippen LogP contribution is -2.08. The van der Waals surface area contributed by atoms with Crippen molar-refractivity contribution in [1.82, 2.24) is 0 Å². The molecule has 0 fully saturated rings. The Kier molecular flexibility index (Phi) is 4.25. The monoisotopic (exact) mass is 176 g/mol. The largest absolute Gasteiger partial charge is 0.290 e. The van der Waals surface area contributed by atoms with Crippen molar-refractivity contribution in [3.63, 3.8) is 0 Å². The highest BCUT2D eigenvalue weighted by Gasteiger charge is 2.10. The first kappa shape index (κ1) is 9.98. The summed E-state index contributed by atoms with van der Waals surface area (Å²) in [6.45, 7) is 2.94. The number of allylic oxidation sites excluding steroid dienone is 2. The van der Waals surface area contributed by atoms with Crippen LogP contribution in [0.5, 0.6) is 0 Å². The standard InChI is InChI=1S/C11H16N2/c1-2-13-11-7-5-10(6-8-11)4-3-9-12/h5,7,10H,2-4,6,8H2,1H3. The molecule has 1 atom stereocenters. The van der Waals surface area contributed by atoms with Crippen molar-refractivity contribution in [3.05, 3.63) is 12.2 Å². The van der Waals surface area contributed by atoms with Gasteiger partial charge in [-0.25, -0.2) is 0 Å². The predicted octanol–water partition coefficient (Wildman–Crippen LogP) is 2.72. The average molecular weight is 176 g/mol. The minimum absolute atomic E-state index is 0.607. The van der Waals surface area contributed by atoms with Gasteiger partial charge in [0.15, 0.2) is 0 Å². The zero-order valence-corrected chi connectivity index (χ0v) is 8.16. The molecule has 2 nitrogen and oxygen atoms in total. The van der Waals surface area contributed by atoms with Crippen molar-refractivity contribution in [3.8, 4) is 6.07 Å². The molecule has 0 aromatic heterocycles. The van der Waals surface area contributed by atoms with Crippen molar-refractivity contribution in [1.29, 1.82) is 5.26 Å². The van der Waals surface area contributed by atoms with Gasteiger partial charge in [0.05, 0.1) is 6.07 Å². The molecule has 0 aromatic carbocycles. The molecule has 1 rings (SSSR count). The summed E-state index contributed by atoms with van der Waals surface area (Å²) in [5.74, 6) is 0.607. The van der Waals surface area contributed by atoms with Crippen LogP contribution in [0.2, 0.25) is 0 Å². The maximum Gasteiger partial charge on any atom is 0.0621 e. The number of nitrogens with zero attached hydrogens (tertiary/aromatic N) is 2. The van der Waals surface area contributed by atoms with E-state index in [1.807, 2.05) is 0 Å². The van der Waals surface area contributed by atoms with Crippen LogP contribution in [0.3, 0.4) is 0 Å². The summed E-state index contributed by atoms with van der Waals surface area (Å²) >= 11 is 0. The highest BCUT2D eigenvalue weighted by molar-refractivity contribution is 5.95. The van der Waals surface area contributed by atoms with Gasteiger partial charge in [-0.15, -0.1) is 0 Å². The molecule has 0 bridgehead atoms. The second kappa shape index (κ2) is 5.53. The molecule has 0 radical (unpaired) electrons. The molecule has 1 aliphatic rings. The molecule has 0 aromatic rings. The molecule has 70 valence electrons. The van der Waals surface area contributed by atoms with E-state index < -0.39 is 0 Å². The molecular formula is C11H16N2. The van der Waals surface area contributed by atoms with Gasteiger partial charge in [-0.3, -0.25) is 4.99 Å². The van der Waals surface area contributed by atoms with E-state index in [-0.39, 0.29) is 0 Å². The summed E-state index contributed by atoms with van der Waals surface area (Å²) in [4.78, 5) is 4.36. The molecule has 13 heavy (non-hydrogen) atoms. The zero-order chi connectivity index (χ0) is 9.52. The Morgan fingerprint density at radius 2 is 2.54 bits per heavy atom. The lowest BCUT2D eigenvalue weighted by atomic mass is 9.91. The number of nitriles is 1. The first-order chi connectivity index (χ1) is 6.36. The summed E-state index contributed by atoms with van der Waals surface area (Å²) in [7, 11) is 0. The second-order valence-corrected chi connectivity index (χ2v) is 3.32. The normalized spacial score (nSPS) is 24.6. The van der Waals surface area contributed by atoms with E-state index in [4.69, 9.17) is 5.26 Å². The lowest BCUT2D eigenvalue weighted by molar-refractivity contribution is 0.558. The van der Waals surface area contributed by atoms with Gasteiger partial charge < -0.3 is 0 Å². The molecule has 1 unspecified atom stereocenters. The summed E-state index contributed by atoms with van der Waals surface area (Å²) in [6.07, 6.45) is 8.25. The summed E-state index contributed by atoms with van der Waals surface area (Å²) in [5, 5.41) is 8.44. The number of hydrogen-bond acceptors (Lipinski definition) is 2. The predicted molar refractivity (Wildman–Crippen MR) is 54.7 cm³/mol. The van der Waals surface area contributed by atoms with Crippen molar-refractivity contribution in [2.24, 2.45) is 10.9 Å². The Hall–Kier alpha value is -1.10. The maximum atomic E-state index is 8.44. The summed E-state index contributed by atoms with van der Waals surface area (Å²) in [5.41, 5.74) is 1.22. The quantitative estimate of drug-likeness (QED) is 0.651. The zero-order valence-electron chi connectivity index (χ0n) is 8.16. The molecule has 2 heteroatoms. The van der Waals surface area contributed by atoms with E-state index >= 15 is 0 Å². The highest BCUT2D eigenvalue weighted by atomic mass is 14.7. The van der Waals surface area contributed by atoms with Crippen molar-refractivity contribution in [2.75, 3.05) is 6.54 Å². The van der Waals surface area contributed by atoms with Gasteiger partial charge in [0.2, 0.25) is 0 Å². The van der Waals surface area contributed by atoms with Crippen LogP contribution in [0.1, 0.15) is 32.6 Å². The van der Waals surface area contributed by atoms with Crippen molar-refractivity contribution in [2.45, 2.75) is 32.6 Å². The third kappa shape index (κ3) is 3.42. The van der Waals surface area contributed by atoms with Crippen LogP contribution in [0.4, 0.5) is 0 Å². The molecule has 0 saturated carbocycles. The smallest absolute Gasteiger partial charge is 0.0621 e. The van der Waals surface area contributed by atoms with Gasteiger partial charge >= 0.3 is 0 Å². The number of hydrogen-bond donors (Lipinski definition) is 0. The van der Waals surface area contributed by atoms with E-state index in [1.165, 1.54) is 5.71 Å². The molecule has 0 amide bonds. The van der Waals surface area contributed by atoms with Crippen LogP contribution < -0.4 is 0 Å². The third-order valence-electron chi connectivity index (χ3n) is 2.32. The van der Waals surface area contributed by atoms with Crippen LogP contribution in [0.25, 0.3) is 0 Å². The number of aliphatic imine (C=N–C) groups is 1. The fourth-order valence-electron chi connectivity index (χ4n) is 1.59. The third-order valence-corrected chi connectivity index (χ3v) is 2.32. The second-order valence-electron chi connectivity index (χ2n) is 3.32. The first-order valence-electron chi connectivity index (χ1n) is 4.95. The maximum absolute atomic E-state index is 8.44. The van der Waals surface area contributed by atoms with Gasteiger partial charge in [-0.1, -0.05) is 6.08 Å². The van der Waals surface area contributed by atoms with Gasteiger partial charge in [-0.2, -0.15) is 5.26 Å². The SMILES string of the molecule is CCN=C1C=CC(CCC#N)CC1. The van der Waals surface area contributed by atoms with Crippen molar-refractivity contribution >= 4 is 5.71 Å². The van der Waals surface area contributed by atoms with Gasteiger partial charge in [0.1, 0.15) is 0 Å². The van der Waals surface area contributed by atoms with E-state index in [9.17, 15) is 0 Å². The van der Waals surface area contributed by atoms with Gasteiger partial charge in [-0.05, 0) is 38.2 Å². The fraction of sp³-hybridized carbons (Fsp3) is 0.636. The molecule has 1 aliphatic carbocycles. The van der Waals surface area contributed by atoms with E-state index in [0.717, 1.165) is 25.8 Å². The molecule has 0 heterocycles. The minimum Gasteiger partial charge on any atom is -0.290 e. The topological polar surface area (TPSA) is 36.1 Å². The van der Waals surface area contributed by atoms with Crippen LogP contribution in [-0.2, 0) is 0 Å². The Bertz CT molecular complexity index is 245.